The normalized spacial score (nSPS) is 14.3. The molecule has 19 heteroatoms. The molecule has 0 aromatic heterocycles. The molecule has 0 fully saturated rings. The summed E-state index contributed by atoms with van der Waals surface area (Å²) in [6.45, 7) is 14.0. The highest BCUT2D eigenvalue weighted by molar-refractivity contribution is 7.47. The van der Waals surface area contributed by atoms with Gasteiger partial charge in [-0.15, -0.1) is 0 Å². The van der Waals surface area contributed by atoms with E-state index in [2.05, 4.69) is 55.4 Å². The first kappa shape index (κ1) is 86.1. The molecule has 0 spiro atoms. The Morgan fingerprint density at radius 3 is 0.705 bits per heavy atom. The van der Waals surface area contributed by atoms with Crippen LogP contribution in [0.4, 0.5) is 0 Å². The van der Waals surface area contributed by atoms with E-state index in [1.807, 2.05) is 0 Å². The van der Waals surface area contributed by atoms with Gasteiger partial charge in [0.05, 0.1) is 26.4 Å². The van der Waals surface area contributed by atoms with Crippen molar-refractivity contribution < 1.29 is 80.2 Å². The van der Waals surface area contributed by atoms with Crippen LogP contribution in [0.5, 0.6) is 0 Å². The number of phosphoric ester groups is 2. The molecule has 522 valence electrons. The Kier molecular flexibility index (Phi) is 57.6. The van der Waals surface area contributed by atoms with Gasteiger partial charge in [0, 0.05) is 25.7 Å². The van der Waals surface area contributed by atoms with E-state index in [0.29, 0.717) is 31.6 Å². The number of aliphatic hydroxyl groups is 1. The third kappa shape index (κ3) is 62.8. The molecule has 0 saturated carbocycles. The molecule has 0 aromatic rings. The van der Waals surface area contributed by atoms with Gasteiger partial charge in [-0.1, -0.05) is 287 Å². The van der Waals surface area contributed by atoms with Crippen LogP contribution in [0.1, 0.15) is 338 Å². The summed E-state index contributed by atoms with van der Waals surface area (Å²) in [6.07, 6.45) is 40.4. The Morgan fingerprint density at radius 1 is 0.284 bits per heavy atom. The quantitative estimate of drug-likeness (QED) is 0.0222. The van der Waals surface area contributed by atoms with Crippen molar-refractivity contribution in [1.82, 2.24) is 0 Å². The topological polar surface area (TPSA) is 237 Å². The molecule has 0 bridgehead atoms. The Hall–Kier alpha value is -1.94. The van der Waals surface area contributed by atoms with E-state index in [-0.39, 0.29) is 25.7 Å². The van der Waals surface area contributed by atoms with Gasteiger partial charge in [0.15, 0.2) is 12.2 Å². The lowest BCUT2D eigenvalue weighted by atomic mass is 10.0. The maximum Gasteiger partial charge on any atom is 0.472 e. The van der Waals surface area contributed by atoms with Crippen LogP contribution in [0, 0.1) is 23.7 Å². The van der Waals surface area contributed by atoms with Crippen molar-refractivity contribution in [2.45, 2.75) is 356 Å². The Morgan fingerprint density at radius 2 is 0.477 bits per heavy atom. The van der Waals surface area contributed by atoms with Crippen LogP contribution in [0.25, 0.3) is 0 Å². The number of rotatable bonds is 66. The van der Waals surface area contributed by atoms with Gasteiger partial charge in [-0.2, -0.15) is 0 Å². The fraction of sp³-hybridized carbons (Fsp3) is 0.942. The fourth-order valence-electron chi connectivity index (χ4n) is 10.3. The number of aliphatic hydroxyl groups excluding tert-OH is 1. The molecule has 0 aliphatic carbocycles. The first-order valence-corrected chi connectivity index (χ1v) is 38.7. The van der Waals surface area contributed by atoms with Crippen LogP contribution in [-0.2, 0) is 65.4 Å². The van der Waals surface area contributed by atoms with E-state index in [4.69, 9.17) is 37.0 Å². The van der Waals surface area contributed by atoms with Gasteiger partial charge in [0.1, 0.15) is 19.3 Å². The molecule has 0 heterocycles. The van der Waals surface area contributed by atoms with Crippen molar-refractivity contribution in [2.24, 2.45) is 23.7 Å². The second-order valence-electron chi connectivity index (χ2n) is 26.8. The van der Waals surface area contributed by atoms with Gasteiger partial charge >= 0.3 is 39.5 Å². The van der Waals surface area contributed by atoms with E-state index < -0.39 is 97.5 Å². The molecule has 3 unspecified atom stereocenters. The number of phosphoric acid groups is 2. The molecule has 3 N–H and O–H groups in total. The van der Waals surface area contributed by atoms with Crippen LogP contribution < -0.4 is 0 Å². The van der Waals surface area contributed by atoms with Crippen LogP contribution >= 0.6 is 15.6 Å². The van der Waals surface area contributed by atoms with Gasteiger partial charge in [0.2, 0.25) is 0 Å². The number of carbonyl (C=O) groups excluding carboxylic acids is 4. The van der Waals surface area contributed by atoms with Gasteiger partial charge in [-0.05, 0) is 49.4 Å². The van der Waals surface area contributed by atoms with Crippen molar-refractivity contribution in [2.75, 3.05) is 39.6 Å². The summed E-state index contributed by atoms with van der Waals surface area (Å²) < 4.78 is 68.2. The number of hydrogen-bond donors (Lipinski definition) is 3. The lowest BCUT2D eigenvalue weighted by Gasteiger charge is -2.21. The Bertz CT molecular complexity index is 1750. The number of hydrogen-bond acceptors (Lipinski definition) is 15. The summed E-state index contributed by atoms with van der Waals surface area (Å²) >= 11 is 0. The molecule has 0 rings (SSSR count). The van der Waals surface area contributed by atoms with Crippen molar-refractivity contribution in [1.29, 1.82) is 0 Å². The number of carbonyl (C=O) groups is 4. The van der Waals surface area contributed by atoms with Crippen molar-refractivity contribution >= 4 is 39.5 Å². The second kappa shape index (κ2) is 58.8. The molecule has 0 saturated heterocycles. The first-order valence-electron chi connectivity index (χ1n) is 35.7. The lowest BCUT2D eigenvalue weighted by molar-refractivity contribution is -0.161. The molecular weight excluding hydrogens is 1160 g/mol. The summed E-state index contributed by atoms with van der Waals surface area (Å²) in [5.74, 6) is 0.820. The molecule has 0 amide bonds. The highest BCUT2D eigenvalue weighted by Gasteiger charge is 2.30. The minimum absolute atomic E-state index is 0.104. The fourth-order valence-corrected chi connectivity index (χ4v) is 11.9. The molecule has 88 heavy (non-hydrogen) atoms. The highest BCUT2D eigenvalue weighted by Crippen LogP contribution is 2.45. The van der Waals surface area contributed by atoms with Crippen molar-refractivity contribution in [3.63, 3.8) is 0 Å². The number of esters is 4. The summed E-state index contributed by atoms with van der Waals surface area (Å²) in [6, 6.07) is 0. The monoisotopic (exact) mass is 1300 g/mol. The molecular formula is C69H134O17P2. The van der Waals surface area contributed by atoms with E-state index in [0.717, 1.165) is 114 Å². The molecule has 0 aliphatic heterocycles. The van der Waals surface area contributed by atoms with Gasteiger partial charge in [-0.25, -0.2) is 9.13 Å². The molecule has 17 nitrogen and oxygen atoms in total. The largest absolute Gasteiger partial charge is 0.472 e. The maximum absolute atomic E-state index is 13.0. The second-order valence-corrected chi connectivity index (χ2v) is 29.7. The zero-order chi connectivity index (χ0) is 65.4. The Labute approximate surface area is 537 Å². The lowest BCUT2D eigenvalue weighted by Crippen LogP contribution is -2.30. The maximum atomic E-state index is 13.0. The zero-order valence-electron chi connectivity index (χ0n) is 57.3. The number of unbranched alkanes of at least 4 members (excludes halogenated alkanes) is 32. The van der Waals surface area contributed by atoms with Crippen LogP contribution in [0.3, 0.4) is 0 Å². The molecule has 0 aromatic carbocycles. The third-order valence-corrected chi connectivity index (χ3v) is 17.7. The molecule has 0 aliphatic rings. The van der Waals surface area contributed by atoms with Crippen molar-refractivity contribution in [3.8, 4) is 0 Å². The minimum Gasteiger partial charge on any atom is -0.462 e. The van der Waals surface area contributed by atoms with Crippen LogP contribution in [-0.4, -0.2) is 96.7 Å². The minimum atomic E-state index is -4.95. The standard InChI is InChI=1S/C69H134O17P2/c1-59(2)45-37-29-21-14-9-11-17-25-33-41-49-66(71)79-55-64(86-69(74)52-44-36-27-19-13-16-23-31-39-47-61(5)6)57-83-87(75,76)81-53-63(70)54-82-88(77,78)84-58-65(56-80-67(72)50-42-34-28-20-24-32-40-48-62(7)8)85-68(73)51-43-35-26-18-12-10-15-22-30-38-46-60(3)4/h59-65,70H,9-58H2,1-8H3,(H,75,76)(H,77,78)/t63?,64-,65-/m1/s1. The summed E-state index contributed by atoms with van der Waals surface area (Å²) in [7, 11) is -9.90. The predicted octanol–water partition coefficient (Wildman–Crippen LogP) is 19.3. The highest BCUT2D eigenvalue weighted by atomic mass is 31.2. The average Bonchev–Trinajstić information content (AvgIpc) is 3.68. The molecule has 5 atom stereocenters. The van der Waals surface area contributed by atoms with E-state index in [1.54, 1.807) is 0 Å². The van der Waals surface area contributed by atoms with Gasteiger partial charge < -0.3 is 33.8 Å². The first-order chi connectivity index (χ1) is 42.1. The Balaban J connectivity index is 5.26. The smallest absolute Gasteiger partial charge is 0.462 e. The number of ether oxygens (including phenoxy) is 4. The summed E-state index contributed by atoms with van der Waals surface area (Å²) in [5.41, 5.74) is 0. The van der Waals surface area contributed by atoms with Gasteiger partial charge in [-0.3, -0.25) is 37.3 Å². The van der Waals surface area contributed by atoms with E-state index in [1.165, 1.54) is 135 Å². The third-order valence-electron chi connectivity index (χ3n) is 15.8. The SMILES string of the molecule is CC(C)CCCCCCCCCCCCC(=O)OC[C@H](COP(=O)(O)OCC(O)COP(=O)(O)OC[C@@H](COC(=O)CCCCCCCCCC(C)C)OC(=O)CCCCCCCCCCCCC(C)C)OC(=O)CCCCCCCCCCCC(C)C. The van der Waals surface area contributed by atoms with Crippen LogP contribution in [0.15, 0.2) is 0 Å². The predicted molar refractivity (Wildman–Crippen MR) is 354 cm³/mol. The average molecular weight is 1300 g/mol. The zero-order valence-corrected chi connectivity index (χ0v) is 59.1. The summed E-state index contributed by atoms with van der Waals surface area (Å²) in [5, 5.41) is 10.6. The van der Waals surface area contributed by atoms with Crippen LogP contribution in [0.2, 0.25) is 0 Å². The summed E-state index contributed by atoms with van der Waals surface area (Å²) in [4.78, 5) is 72.5. The van der Waals surface area contributed by atoms with E-state index >= 15 is 0 Å². The van der Waals surface area contributed by atoms with E-state index in [9.17, 15) is 43.2 Å². The van der Waals surface area contributed by atoms with Gasteiger partial charge in [0.25, 0.3) is 0 Å². The van der Waals surface area contributed by atoms with Crippen molar-refractivity contribution in [3.05, 3.63) is 0 Å². The molecule has 0 radical (unpaired) electrons.